The number of ether oxygens (including phenoxy) is 1. The summed E-state index contributed by atoms with van der Waals surface area (Å²) in [7, 11) is 1.63. The van der Waals surface area contributed by atoms with Gasteiger partial charge in [-0.3, -0.25) is 0 Å². The maximum absolute atomic E-state index is 5.93. The van der Waals surface area contributed by atoms with Crippen molar-refractivity contribution in [2.45, 2.75) is 32.2 Å². The number of benzene rings is 1. The van der Waals surface area contributed by atoms with Gasteiger partial charge >= 0.3 is 0 Å². The van der Waals surface area contributed by atoms with Gasteiger partial charge in [0.1, 0.15) is 5.75 Å². The smallest absolute Gasteiger partial charge is 0.227 e. The Morgan fingerprint density at radius 3 is 2.53 bits per heavy atom. The molecule has 5 nitrogen and oxygen atoms in total. The van der Waals surface area contributed by atoms with E-state index in [2.05, 4.69) is 10.1 Å². The molecule has 0 saturated carbocycles. The van der Waals surface area contributed by atoms with Crippen LogP contribution in [0.3, 0.4) is 0 Å². The first-order valence-electron chi connectivity index (χ1n) is 6.24. The maximum Gasteiger partial charge on any atom is 0.227 e. The Balaban J connectivity index is 2.07. The van der Waals surface area contributed by atoms with Crippen molar-refractivity contribution in [2.75, 3.05) is 7.11 Å². The van der Waals surface area contributed by atoms with Gasteiger partial charge < -0.3 is 15.0 Å². The van der Waals surface area contributed by atoms with E-state index < -0.39 is 0 Å². The second-order valence-corrected chi connectivity index (χ2v) is 5.23. The molecule has 5 heteroatoms. The molecule has 1 heterocycles. The molecule has 2 aromatic rings. The number of rotatable bonds is 5. The average molecular weight is 261 g/mol. The van der Waals surface area contributed by atoms with Crippen molar-refractivity contribution in [3.63, 3.8) is 0 Å². The first-order chi connectivity index (χ1) is 8.98. The monoisotopic (exact) mass is 261 g/mol. The number of aromatic nitrogens is 2. The van der Waals surface area contributed by atoms with Crippen molar-refractivity contribution >= 4 is 0 Å². The van der Waals surface area contributed by atoms with Crippen LogP contribution in [0, 0.1) is 0 Å². The average Bonchev–Trinajstić information content (AvgIpc) is 2.84. The summed E-state index contributed by atoms with van der Waals surface area (Å²) in [5, 5.41) is 3.97. The van der Waals surface area contributed by atoms with Crippen molar-refractivity contribution in [2.24, 2.45) is 5.73 Å². The lowest BCUT2D eigenvalue weighted by molar-refractivity contribution is 0.358. The molecule has 1 aromatic carbocycles. The third kappa shape index (κ3) is 3.79. The summed E-state index contributed by atoms with van der Waals surface area (Å²) in [5.41, 5.74) is 6.61. The molecule has 0 radical (unpaired) electrons. The lowest BCUT2D eigenvalue weighted by atomic mass is 10.0. The van der Waals surface area contributed by atoms with Gasteiger partial charge in [-0.15, -0.1) is 0 Å². The van der Waals surface area contributed by atoms with E-state index in [1.165, 1.54) is 0 Å². The highest BCUT2D eigenvalue weighted by atomic mass is 16.5. The fourth-order valence-electron chi connectivity index (χ4n) is 1.64. The lowest BCUT2D eigenvalue weighted by Gasteiger charge is -2.16. The van der Waals surface area contributed by atoms with Crippen LogP contribution in [-0.2, 0) is 6.42 Å². The van der Waals surface area contributed by atoms with Crippen molar-refractivity contribution in [3.8, 4) is 17.1 Å². The number of nitrogens with two attached hydrogens (primary N) is 1. The predicted octanol–water partition coefficient (Wildman–Crippen LogP) is 2.42. The molecule has 0 spiro atoms. The van der Waals surface area contributed by atoms with E-state index in [1.807, 2.05) is 38.1 Å². The number of nitrogens with zero attached hydrogens (tertiary/aromatic N) is 2. The Labute approximate surface area is 112 Å². The molecule has 2 rings (SSSR count). The highest BCUT2D eigenvalue weighted by Crippen LogP contribution is 2.20. The van der Waals surface area contributed by atoms with Crippen LogP contribution in [0.1, 0.15) is 26.2 Å². The number of hydrogen-bond donors (Lipinski definition) is 1. The summed E-state index contributed by atoms with van der Waals surface area (Å²) >= 11 is 0. The Kier molecular flexibility index (Phi) is 3.85. The van der Waals surface area contributed by atoms with E-state index in [0.717, 1.165) is 17.7 Å². The van der Waals surface area contributed by atoms with Gasteiger partial charge in [0.2, 0.25) is 11.7 Å². The molecule has 19 heavy (non-hydrogen) atoms. The molecule has 0 atom stereocenters. The first-order valence-corrected chi connectivity index (χ1v) is 6.24. The first kappa shape index (κ1) is 13.5. The normalized spacial score (nSPS) is 11.6. The second kappa shape index (κ2) is 5.40. The summed E-state index contributed by atoms with van der Waals surface area (Å²) in [6.07, 6.45) is 1.49. The molecule has 0 saturated heterocycles. The minimum absolute atomic E-state index is 0.227. The summed E-state index contributed by atoms with van der Waals surface area (Å²) < 4.78 is 10.3. The Morgan fingerprint density at radius 2 is 1.95 bits per heavy atom. The van der Waals surface area contributed by atoms with Crippen molar-refractivity contribution in [3.05, 3.63) is 30.2 Å². The molecule has 0 unspecified atom stereocenters. The van der Waals surface area contributed by atoms with Gasteiger partial charge in [-0.1, -0.05) is 5.16 Å². The predicted molar refractivity (Wildman–Crippen MR) is 72.9 cm³/mol. The molecular formula is C14H19N3O2. The third-order valence-electron chi connectivity index (χ3n) is 2.80. The molecular weight excluding hydrogens is 242 g/mol. The second-order valence-electron chi connectivity index (χ2n) is 5.23. The molecule has 0 amide bonds. The standard InChI is InChI=1S/C14H19N3O2/c1-14(2,15)9-8-12-16-13(17-19-12)10-4-6-11(18-3)7-5-10/h4-7H,8-9,15H2,1-3H3. The molecule has 0 bridgehead atoms. The van der Waals surface area contributed by atoms with Gasteiger partial charge in [0.15, 0.2) is 0 Å². The van der Waals surface area contributed by atoms with Crippen LogP contribution >= 0.6 is 0 Å². The zero-order valence-corrected chi connectivity index (χ0v) is 11.5. The molecule has 0 aliphatic carbocycles. The van der Waals surface area contributed by atoms with Crippen LogP contribution in [0.4, 0.5) is 0 Å². The van der Waals surface area contributed by atoms with E-state index in [1.54, 1.807) is 7.11 Å². The van der Waals surface area contributed by atoms with Crippen LogP contribution in [-0.4, -0.2) is 22.8 Å². The molecule has 102 valence electrons. The lowest BCUT2D eigenvalue weighted by Crippen LogP contribution is -2.32. The zero-order chi connectivity index (χ0) is 13.9. The molecule has 1 aromatic heterocycles. The number of aryl methyl sites for hydroxylation is 1. The summed E-state index contributed by atoms with van der Waals surface area (Å²) in [4.78, 5) is 4.36. The van der Waals surface area contributed by atoms with Crippen molar-refractivity contribution in [1.82, 2.24) is 10.1 Å². The quantitative estimate of drug-likeness (QED) is 0.894. The minimum Gasteiger partial charge on any atom is -0.497 e. The highest BCUT2D eigenvalue weighted by Gasteiger charge is 2.14. The fraction of sp³-hybridized carbons (Fsp3) is 0.429. The van der Waals surface area contributed by atoms with Gasteiger partial charge in [-0.25, -0.2) is 0 Å². The minimum atomic E-state index is -0.227. The third-order valence-corrected chi connectivity index (χ3v) is 2.80. The van der Waals surface area contributed by atoms with Gasteiger partial charge in [0.25, 0.3) is 0 Å². The van der Waals surface area contributed by atoms with E-state index in [0.29, 0.717) is 18.1 Å². The molecule has 0 aliphatic rings. The van der Waals surface area contributed by atoms with Crippen LogP contribution in [0.15, 0.2) is 28.8 Å². The van der Waals surface area contributed by atoms with Crippen molar-refractivity contribution in [1.29, 1.82) is 0 Å². The van der Waals surface area contributed by atoms with Crippen LogP contribution < -0.4 is 10.5 Å². The van der Waals surface area contributed by atoms with E-state index >= 15 is 0 Å². The topological polar surface area (TPSA) is 74.2 Å². The van der Waals surface area contributed by atoms with Crippen molar-refractivity contribution < 1.29 is 9.26 Å². The van der Waals surface area contributed by atoms with Gasteiger partial charge in [-0.05, 0) is 44.5 Å². The number of hydrogen-bond acceptors (Lipinski definition) is 5. The fourth-order valence-corrected chi connectivity index (χ4v) is 1.64. The summed E-state index contributed by atoms with van der Waals surface area (Å²) in [6, 6.07) is 7.55. The number of methoxy groups -OCH3 is 1. The van der Waals surface area contributed by atoms with E-state index in [9.17, 15) is 0 Å². The zero-order valence-electron chi connectivity index (χ0n) is 11.5. The van der Waals surface area contributed by atoms with Gasteiger partial charge in [-0.2, -0.15) is 4.98 Å². The SMILES string of the molecule is COc1ccc(-c2noc(CCC(C)(C)N)n2)cc1. The van der Waals surface area contributed by atoms with Crippen LogP contribution in [0.2, 0.25) is 0 Å². The summed E-state index contributed by atoms with van der Waals surface area (Å²) in [5.74, 6) is 2.01. The largest absolute Gasteiger partial charge is 0.497 e. The maximum atomic E-state index is 5.93. The molecule has 2 N–H and O–H groups in total. The molecule has 0 aliphatic heterocycles. The highest BCUT2D eigenvalue weighted by molar-refractivity contribution is 5.55. The Bertz CT molecular complexity index is 526. The van der Waals surface area contributed by atoms with E-state index in [4.69, 9.17) is 15.0 Å². The van der Waals surface area contributed by atoms with Crippen LogP contribution in [0.5, 0.6) is 5.75 Å². The van der Waals surface area contributed by atoms with Gasteiger partial charge in [0.05, 0.1) is 7.11 Å². The van der Waals surface area contributed by atoms with Crippen LogP contribution in [0.25, 0.3) is 11.4 Å². The van der Waals surface area contributed by atoms with Gasteiger partial charge in [0, 0.05) is 17.5 Å². The Morgan fingerprint density at radius 1 is 1.26 bits per heavy atom. The summed E-state index contributed by atoms with van der Waals surface area (Å²) in [6.45, 7) is 3.96. The molecule has 0 fully saturated rings. The Hall–Kier alpha value is -1.88. The van der Waals surface area contributed by atoms with E-state index in [-0.39, 0.29) is 5.54 Å².